The standard InChI is InChI=1S/C19H18N2O5/c20-9-17(22)26-18(23)10-21-19(24)25-11-16-14-7-3-1-5-12(14)13-6-2-4-8-15(13)16/h1-8,16H,9-11,20H2,(H,21,24). The molecular weight excluding hydrogens is 336 g/mol. The highest BCUT2D eigenvalue weighted by Crippen LogP contribution is 2.44. The third kappa shape index (κ3) is 3.73. The van der Waals surface area contributed by atoms with Gasteiger partial charge in [-0.3, -0.25) is 4.79 Å². The van der Waals surface area contributed by atoms with Crippen molar-refractivity contribution < 1.29 is 23.9 Å². The third-order valence-electron chi connectivity index (χ3n) is 4.12. The Morgan fingerprint density at radius 1 is 0.923 bits per heavy atom. The highest BCUT2D eigenvalue weighted by Gasteiger charge is 2.29. The minimum absolute atomic E-state index is 0.0704. The van der Waals surface area contributed by atoms with E-state index in [4.69, 9.17) is 10.5 Å². The summed E-state index contributed by atoms with van der Waals surface area (Å²) >= 11 is 0. The van der Waals surface area contributed by atoms with Crippen LogP contribution in [0.25, 0.3) is 11.1 Å². The number of rotatable bonds is 5. The molecular formula is C19H18N2O5. The van der Waals surface area contributed by atoms with Crippen LogP contribution < -0.4 is 11.1 Å². The van der Waals surface area contributed by atoms with Crippen molar-refractivity contribution in [1.82, 2.24) is 5.32 Å². The second-order valence-electron chi connectivity index (χ2n) is 5.73. The summed E-state index contributed by atoms with van der Waals surface area (Å²) in [5.74, 6) is -1.82. The lowest BCUT2D eigenvalue weighted by atomic mass is 9.98. The van der Waals surface area contributed by atoms with Crippen molar-refractivity contribution >= 4 is 18.0 Å². The molecule has 1 aliphatic rings. The Morgan fingerprint density at radius 3 is 2.08 bits per heavy atom. The first-order chi connectivity index (χ1) is 12.6. The summed E-state index contributed by atoms with van der Waals surface area (Å²) < 4.78 is 9.60. The first kappa shape index (κ1) is 17.6. The van der Waals surface area contributed by atoms with Crippen molar-refractivity contribution in [2.45, 2.75) is 5.92 Å². The molecule has 0 atom stereocenters. The van der Waals surface area contributed by atoms with Crippen LogP contribution in [0.3, 0.4) is 0 Å². The van der Waals surface area contributed by atoms with E-state index in [1.807, 2.05) is 48.5 Å². The molecule has 7 heteroatoms. The summed E-state index contributed by atoms with van der Waals surface area (Å²) in [6.45, 7) is -0.740. The molecule has 0 aliphatic heterocycles. The molecule has 0 heterocycles. The maximum atomic E-state index is 11.8. The number of amides is 1. The summed E-state index contributed by atoms with van der Waals surface area (Å²) in [7, 11) is 0. The van der Waals surface area contributed by atoms with Crippen molar-refractivity contribution in [3.05, 3.63) is 59.7 Å². The number of nitrogens with one attached hydrogen (secondary N) is 1. The van der Waals surface area contributed by atoms with Crippen LogP contribution in [0.15, 0.2) is 48.5 Å². The van der Waals surface area contributed by atoms with Gasteiger partial charge in [-0.25, -0.2) is 9.59 Å². The Balaban J connectivity index is 1.59. The fourth-order valence-electron chi connectivity index (χ4n) is 3.00. The van der Waals surface area contributed by atoms with Gasteiger partial charge < -0.3 is 20.5 Å². The third-order valence-corrected chi connectivity index (χ3v) is 4.12. The molecule has 3 rings (SSSR count). The van der Waals surface area contributed by atoms with Gasteiger partial charge in [-0.1, -0.05) is 48.5 Å². The molecule has 0 aromatic heterocycles. The number of fused-ring (bicyclic) bond motifs is 3. The molecule has 134 valence electrons. The van der Waals surface area contributed by atoms with Crippen LogP contribution in [0.5, 0.6) is 0 Å². The first-order valence-electron chi connectivity index (χ1n) is 8.12. The van der Waals surface area contributed by atoms with E-state index in [0.717, 1.165) is 22.3 Å². The molecule has 0 spiro atoms. The van der Waals surface area contributed by atoms with Gasteiger partial charge >= 0.3 is 18.0 Å². The van der Waals surface area contributed by atoms with E-state index in [2.05, 4.69) is 10.1 Å². The number of hydrogen-bond donors (Lipinski definition) is 2. The van der Waals surface area contributed by atoms with Crippen LogP contribution in [-0.4, -0.2) is 37.7 Å². The van der Waals surface area contributed by atoms with Crippen LogP contribution >= 0.6 is 0 Å². The van der Waals surface area contributed by atoms with Gasteiger partial charge in [0.15, 0.2) is 0 Å². The van der Waals surface area contributed by atoms with E-state index in [-0.39, 0.29) is 12.5 Å². The van der Waals surface area contributed by atoms with Crippen molar-refractivity contribution in [2.24, 2.45) is 5.73 Å². The van der Waals surface area contributed by atoms with Gasteiger partial charge in [-0.05, 0) is 22.3 Å². The minimum Gasteiger partial charge on any atom is -0.449 e. The number of carbonyl (C=O) groups is 3. The Hall–Kier alpha value is -3.19. The fourth-order valence-corrected chi connectivity index (χ4v) is 3.00. The Labute approximate surface area is 150 Å². The highest BCUT2D eigenvalue weighted by molar-refractivity contribution is 5.88. The van der Waals surface area contributed by atoms with Crippen LogP contribution in [0.1, 0.15) is 17.0 Å². The number of carbonyl (C=O) groups excluding carboxylic acids is 3. The van der Waals surface area contributed by atoms with Crippen molar-refractivity contribution in [1.29, 1.82) is 0 Å². The zero-order chi connectivity index (χ0) is 18.5. The largest absolute Gasteiger partial charge is 0.449 e. The summed E-state index contributed by atoms with van der Waals surface area (Å²) in [5, 5.41) is 2.26. The number of alkyl carbamates (subject to hydrolysis) is 1. The average Bonchev–Trinajstić information content (AvgIpc) is 2.98. The Kier molecular flexibility index (Phi) is 5.28. The minimum atomic E-state index is -0.894. The molecule has 2 aromatic rings. The van der Waals surface area contributed by atoms with Gasteiger partial charge in [0, 0.05) is 5.92 Å². The molecule has 0 saturated heterocycles. The van der Waals surface area contributed by atoms with Crippen LogP contribution in [0.4, 0.5) is 4.79 Å². The molecule has 1 aliphatic carbocycles. The van der Waals surface area contributed by atoms with Crippen LogP contribution in [0, 0.1) is 0 Å². The van der Waals surface area contributed by atoms with Gasteiger partial charge in [0.1, 0.15) is 13.2 Å². The maximum absolute atomic E-state index is 11.8. The lowest BCUT2D eigenvalue weighted by Gasteiger charge is -2.14. The van der Waals surface area contributed by atoms with Gasteiger partial charge in [0.05, 0.1) is 6.54 Å². The maximum Gasteiger partial charge on any atom is 0.407 e. The van der Waals surface area contributed by atoms with Crippen LogP contribution in [0.2, 0.25) is 0 Å². The van der Waals surface area contributed by atoms with E-state index in [1.54, 1.807) is 0 Å². The summed E-state index contributed by atoms with van der Waals surface area (Å²) in [5.41, 5.74) is 9.47. The van der Waals surface area contributed by atoms with Crippen molar-refractivity contribution in [2.75, 3.05) is 19.7 Å². The Bertz CT molecular complexity index is 804. The SMILES string of the molecule is NCC(=O)OC(=O)CNC(=O)OCC1c2ccccc2-c2ccccc21. The average molecular weight is 354 g/mol. The second-order valence-corrected chi connectivity index (χ2v) is 5.73. The van der Waals surface area contributed by atoms with E-state index >= 15 is 0 Å². The van der Waals surface area contributed by atoms with Gasteiger partial charge in [-0.15, -0.1) is 0 Å². The van der Waals surface area contributed by atoms with E-state index in [9.17, 15) is 14.4 Å². The molecule has 0 saturated carbocycles. The molecule has 1 amide bonds. The Morgan fingerprint density at radius 2 is 1.50 bits per heavy atom. The molecule has 0 fully saturated rings. The lowest BCUT2D eigenvalue weighted by Crippen LogP contribution is -2.33. The van der Waals surface area contributed by atoms with Crippen molar-refractivity contribution in [3.63, 3.8) is 0 Å². The van der Waals surface area contributed by atoms with E-state index in [1.165, 1.54) is 0 Å². The zero-order valence-electron chi connectivity index (χ0n) is 13.9. The summed E-state index contributed by atoms with van der Waals surface area (Å²) in [4.78, 5) is 34.1. The molecule has 0 bridgehead atoms. The molecule has 7 nitrogen and oxygen atoms in total. The number of benzene rings is 2. The van der Waals surface area contributed by atoms with Gasteiger partial charge in [-0.2, -0.15) is 0 Å². The zero-order valence-corrected chi connectivity index (χ0v) is 13.9. The van der Waals surface area contributed by atoms with Gasteiger partial charge in [0.2, 0.25) is 0 Å². The number of ether oxygens (including phenoxy) is 2. The van der Waals surface area contributed by atoms with E-state index < -0.39 is 31.1 Å². The predicted molar refractivity (Wildman–Crippen MR) is 93.2 cm³/mol. The summed E-state index contributed by atoms with van der Waals surface area (Å²) in [6, 6.07) is 15.9. The topological polar surface area (TPSA) is 108 Å². The van der Waals surface area contributed by atoms with Gasteiger partial charge in [0.25, 0.3) is 0 Å². The quantitative estimate of drug-likeness (QED) is 0.623. The van der Waals surface area contributed by atoms with Crippen LogP contribution in [-0.2, 0) is 19.1 Å². The number of esters is 2. The second kappa shape index (κ2) is 7.79. The molecule has 0 radical (unpaired) electrons. The fraction of sp³-hybridized carbons (Fsp3) is 0.211. The number of nitrogens with two attached hydrogens (primary N) is 1. The van der Waals surface area contributed by atoms with E-state index in [0.29, 0.717) is 0 Å². The summed E-state index contributed by atoms with van der Waals surface area (Å²) in [6.07, 6.45) is -0.760. The molecule has 2 aromatic carbocycles. The normalized spacial score (nSPS) is 12.0. The number of hydrogen-bond acceptors (Lipinski definition) is 6. The smallest absolute Gasteiger partial charge is 0.407 e. The lowest BCUT2D eigenvalue weighted by molar-refractivity contribution is -0.157. The first-order valence-corrected chi connectivity index (χ1v) is 8.12. The monoisotopic (exact) mass is 354 g/mol. The molecule has 3 N–H and O–H groups in total. The van der Waals surface area contributed by atoms with Crippen molar-refractivity contribution in [3.8, 4) is 11.1 Å². The molecule has 0 unspecified atom stereocenters. The predicted octanol–water partition coefficient (Wildman–Crippen LogP) is 1.55. The molecule has 26 heavy (non-hydrogen) atoms. The highest BCUT2D eigenvalue weighted by atomic mass is 16.6.